The van der Waals surface area contributed by atoms with Gasteiger partial charge < -0.3 is 13.9 Å². The van der Waals surface area contributed by atoms with Crippen molar-refractivity contribution >= 4 is 27.2 Å². The van der Waals surface area contributed by atoms with Gasteiger partial charge in [-0.3, -0.25) is 4.79 Å². The number of rotatable bonds is 7. The van der Waals surface area contributed by atoms with Gasteiger partial charge in [0.05, 0.1) is 19.8 Å². The number of hydrogen-bond donors (Lipinski definition) is 0. The summed E-state index contributed by atoms with van der Waals surface area (Å²) in [6, 6.07) is 13.2. The Morgan fingerprint density at radius 2 is 1.89 bits per heavy atom. The van der Waals surface area contributed by atoms with Gasteiger partial charge in [-0.1, -0.05) is 18.2 Å². The van der Waals surface area contributed by atoms with Gasteiger partial charge in [-0.25, -0.2) is 0 Å². The lowest BCUT2D eigenvalue weighted by Crippen LogP contribution is -2.02. The minimum atomic E-state index is -0.0262. The summed E-state index contributed by atoms with van der Waals surface area (Å²) in [5.74, 6) is 2.01. The van der Waals surface area contributed by atoms with Crippen molar-refractivity contribution in [3.05, 3.63) is 59.3 Å². The number of methoxy groups -OCH3 is 2. The fourth-order valence-corrected chi connectivity index (χ4v) is 3.92. The third-order valence-corrected chi connectivity index (χ3v) is 5.41. The van der Waals surface area contributed by atoms with E-state index in [1.54, 1.807) is 43.8 Å². The molecule has 142 valence electrons. The monoisotopic (exact) mass is 394 g/mol. The lowest BCUT2D eigenvalue weighted by molar-refractivity contribution is 0.0980. The SMILES string of the molecule is COc1ccc(C(=O)CCc2nnc(-c3csc4ccccc34)o2)cc1OC. The number of Topliss-reactive ketones (excluding diaryl/α,β-unsaturated/α-hetero) is 1. The molecule has 0 aliphatic carbocycles. The van der Waals surface area contributed by atoms with Gasteiger partial charge in [0.15, 0.2) is 17.3 Å². The topological polar surface area (TPSA) is 74.5 Å². The van der Waals surface area contributed by atoms with Gasteiger partial charge in [0.2, 0.25) is 11.8 Å². The van der Waals surface area contributed by atoms with Crippen molar-refractivity contribution in [2.24, 2.45) is 0 Å². The molecule has 2 aromatic carbocycles. The van der Waals surface area contributed by atoms with Crippen LogP contribution in [0.5, 0.6) is 11.5 Å². The molecule has 0 fully saturated rings. The van der Waals surface area contributed by atoms with Gasteiger partial charge in [0.1, 0.15) is 0 Å². The lowest BCUT2D eigenvalue weighted by Gasteiger charge is -2.08. The lowest BCUT2D eigenvalue weighted by atomic mass is 10.1. The highest BCUT2D eigenvalue weighted by Gasteiger charge is 2.16. The number of nitrogens with zero attached hydrogens (tertiary/aromatic N) is 2. The summed E-state index contributed by atoms with van der Waals surface area (Å²) in [5, 5.41) is 11.3. The fraction of sp³-hybridized carbons (Fsp3) is 0.190. The number of ether oxygens (including phenoxy) is 2. The smallest absolute Gasteiger partial charge is 0.249 e. The van der Waals surface area contributed by atoms with E-state index in [0.29, 0.717) is 35.3 Å². The summed E-state index contributed by atoms with van der Waals surface area (Å²) in [4.78, 5) is 12.5. The Kier molecular flexibility index (Phi) is 5.08. The van der Waals surface area contributed by atoms with E-state index < -0.39 is 0 Å². The number of ketones is 1. The molecule has 6 nitrogen and oxygen atoms in total. The molecule has 0 atom stereocenters. The minimum Gasteiger partial charge on any atom is -0.493 e. The molecule has 0 aliphatic rings. The van der Waals surface area contributed by atoms with E-state index in [1.807, 2.05) is 23.6 Å². The van der Waals surface area contributed by atoms with Crippen LogP contribution in [0.15, 0.2) is 52.3 Å². The van der Waals surface area contributed by atoms with E-state index in [4.69, 9.17) is 13.9 Å². The normalized spacial score (nSPS) is 10.9. The summed E-state index contributed by atoms with van der Waals surface area (Å²) in [6.45, 7) is 0. The predicted octanol–water partition coefficient (Wildman–Crippen LogP) is 4.78. The number of thiophene rings is 1. The molecule has 0 radical (unpaired) electrons. The van der Waals surface area contributed by atoms with Crippen LogP contribution in [0.1, 0.15) is 22.7 Å². The quantitative estimate of drug-likeness (QED) is 0.420. The number of carbonyl (C=O) groups excluding carboxylic acids is 1. The minimum absolute atomic E-state index is 0.0262. The van der Waals surface area contributed by atoms with Crippen molar-refractivity contribution in [3.63, 3.8) is 0 Å². The number of benzene rings is 2. The first-order valence-electron chi connectivity index (χ1n) is 8.74. The molecular weight excluding hydrogens is 376 g/mol. The van der Waals surface area contributed by atoms with Crippen LogP contribution in [-0.4, -0.2) is 30.2 Å². The molecule has 2 heterocycles. The first-order chi connectivity index (χ1) is 13.7. The van der Waals surface area contributed by atoms with Crippen LogP contribution in [0.4, 0.5) is 0 Å². The Balaban J connectivity index is 1.47. The van der Waals surface area contributed by atoms with Gasteiger partial charge in [-0.2, -0.15) is 0 Å². The molecule has 0 N–H and O–H groups in total. The third kappa shape index (κ3) is 3.48. The molecule has 0 unspecified atom stereocenters. The van der Waals surface area contributed by atoms with Crippen LogP contribution in [0.3, 0.4) is 0 Å². The maximum atomic E-state index is 12.5. The van der Waals surface area contributed by atoms with Crippen LogP contribution in [0, 0.1) is 0 Å². The maximum absolute atomic E-state index is 12.5. The third-order valence-electron chi connectivity index (χ3n) is 4.45. The molecule has 4 rings (SSSR count). The van der Waals surface area contributed by atoms with E-state index >= 15 is 0 Å². The van der Waals surface area contributed by atoms with Crippen molar-refractivity contribution in [2.75, 3.05) is 14.2 Å². The van der Waals surface area contributed by atoms with Crippen LogP contribution < -0.4 is 9.47 Å². The van der Waals surface area contributed by atoms with Gasteiger partial charge in [-0.15, -0.1) is 21.5 Å². The van der Waals surface area contributed by atoms with Crippen molar-refractivity contribution < 1.29 is 18.7 Å². The number of carbonyl (C=O) groups is 1. The van der Waals surface area contributed by atoms with Crippen LogP contribution in [0.25, 0.3) is 21.5 Å². The molecular formula is C21H18N2O4S. The van der Waals surface area contributed by atoms with Crippen LogP contribution in [-0.2, 0) is 6.42 Å². The largest absolute Gasteiger partial charge is 0.493 e. The van der Waals surface area contributed by atoms with Crippen molar-refractivity contribution in [1.29, 1.82) is 0 Å². The molecule has 7 heteroatoms. The molecule has 0 amide bonds. The molecule has 0 bridgehead atoms. The second-order valence-electron chi connectivity index (χ2n) is 6.14. The Bertz CT molecular complexity index is 1130. The first-order valence-corrected chi connectivity index (χ1v) is 9.61. The van der Waals surface area contributed by atoms with Gasteiger partial charge in [-0.05, 0) is 24.3 Å². The van der Waals surface area contributed by atoms with Crippen molar-refractivity contribution in [1.82, 2.24) is 10.2 Å². The average molecular weight is 394 g/mol. The van der Waals surface area contributed by atoms with E-state index in [9.17, 15) is 4.79 Å². The number of fused-ring (bicyclic) bond motifs is 1. The zero-order valence-corrected chi connectivity index (χ0v) is 16.3. The second-order valence-corrected chi connectivity index (χ2v) is 7.05. The molecule has 0 saturated heterocycles. The Labute approximate surface area is 165 Å². The zero-order valence-electron chi connectivity index (χ0n) is 15.5. The van der Waals surface area contributed by atoms with Crippen LogP contribution in [0.2, 0.25) is 0 Å². The molecule has 2 aromatic heterocycles. The molecule has 28 heavy (non-hydrogen) atoms. The fourth-order valence-electron chi connectivity index (χ4n) is 2.98. The van der Waals surface area contributed by atoms with Gasteiger partial charge >= 0.3 is 0 Å². The number of aryl methyl sites for hydroxylation is 1. The molecule has 0 aliphatic heterocycles. The summed E-state index contributed by atoms with van der Waals surface area (Å²) in [5.41, 5.74) is 1.48. The highest BCUT2D eigenvalue weighted by Crippen LogP contribution is 2.33. The number of hydrogen-bond acceptors (Lipinski definition) is 7. The zero-order chi connectivity index (χ0) is 19.5. The van der Waals surface area contributed by atoms with Gasteiger partial charge in [0, 0.05) is 33.9 Å². The molecule has 0 saturated carbocycles. The van der Waals surface area contributed by atoms with Gasteiger partial charge in [0.25, 0.3) is 0 Å². The van der Waals surface area contributed by atoms with E-state index in [2.05, 4.69) is 16.3 Å². The van der Waals surface area contributed by atoms with E-state index in [1.165, 1.54) is 4.70 Å². The summed E-state index contributed by atoms with van der Waals surface area (Å²) in [6.07, 6.45) is 0.643. The Morgan fingerprint density at radius 1 is 1.07 bits per heavy atom. The van der Waals surface area contributed by atoms with Crippen molar-refractivity contribution in [3.8, 4) is 23.0 Å². The number of aromatic nitrogens is 2. The Morgan fingerprint density at radius 3 is 2.71 bits per heavy atom. The summed E-state index contributed by atoms with van der Waals surface area (Å²) in [7, 11) is 3.10. The highest BCUT2D eigenvalue weighted by atomic mass is 32.1. The molecule has 4 aromatic rings. The molecule has 0 spiro atoms. The predicted molar refractivity (Wildman–Crippen MR) is 107 cm³/mol. The van der Waals surface area contributed by atoms with Crippen molar-refractivity contribution in [2.45, 2.75) is 12.8 Å². The first kappa shape index (κ1) is 18.2. The standard InChI is InChI=1S/C21H18N2O4S/c1-25-17-9-7-13(11-18(17)26-2)16(24)8-10-20-22-23-21(27-20)15-12-28-19-6-4-3-5-14(15)19/h3-7,9,11-12H,8,10H2,1-2H3. The summed E-state index contributed by atoms with van der Waals surface area (Å²) < 4.78 is 17.4. The maximum Gasteiger partial charge on any atom is 0.249 e. The average Bonchev–Trinajstić information content (AvgIpc) is 3.38. The second kappa shape index (κ2) is 7.82. The van der Waals surface area contributed by atoms with E-state index in [-0.39, 0.29) is 12.2 Å². The highest BCUT2D eigenvalue weighted by molar-refractivity contribution is 7.17. The summed E-state index contributed by atoms with van der Waals surface area (Å²) >= 11 is 1.64. The Hall–Kier alpha value is -3.19. The van der Waals surface area contributed by atoms with Crippen LogP contribution >= 0.6 is 11.3 Å². The van der Waals surface area contributed by atoms with E-state index in [0.717, 1.165) is 10.9 Å².